The number of nitrogens with zero attached hydrogens (tertiary/aromatic N) is 1. The first-order chi connectivity index (χ1) is 5.47. The molecule has 0 bridgehead atoms. The summed E-state index contributed by atoms with van der Waals surface area (Å²) in [6.45, 7) is -1.70. The zero-order valence-electron chi connectivity index (χ0n) is 7.97. The van der Waals surface area contributed by atoms with Crippen LogP contribution >= 0.6 is 0 Å². The van der Waals surface area contributed by atoms with Gasteiger partial charge in [-0.2, -0.15) is 0 Å². The van der Waals surface area contributed by atoms with Gasteiger partial charge < -0.3 is 22.6 Å². The van der Waals surface area contributed by atoms with Gasteiger partial charge in [-0.1, -0.05) is 0 Å². The number of halogens is 3. The van der Waals surface area contributed by atoms with Gasteiger partial charge in [0.05, 0.1) is 12.7 Å². The van der Waals surface area contributed by atoms with E-state index in [1.807, 2.05) is 0 Å². The van der Waals surface area contributed by atoms with E-state index in [9.17, 15) is 12.9 Å². The van der Waals surface area contributed by atoms with E-state index in [2.05, 4.69) is 0 Å². The Morgan fingerprint density at radius 2 is 2.08 bits per heavy atom. The van der Waals surface area contributed by atoms with Gasteiger partial charge in [0.2, 0.25) is 0 Å². The molecule has 0 radical (unpaired) electrons. The van der Waals surface area contributed by atoms with Crippen molar-refractivity contribution in [2.75, 3.05) is 26.1 Å². The normalized spacial score (nSPS) is 25.4. The van der Waals surface area contributed by atoms with E-state index in [1.54, 1.807) is 6.92 Å². The van der Waals surface area contributed by atoms with E-state index in [4.69, 9.17) is 4.74 Å². The van der Waals surface area contributed by atoms with Crippen LogP contribution in [0.2, 0.25) is 0 Å². The minimum Gasteiger partial charge on any atom is -0.448 e. The maximum atomic E-state index is 11.9. The SMILES string of the molecule is CC1CN(C[B-](F)(F)F)CCO1.[K+]. The second-order valence-electron chi connectivity index (χ2n) is 3.15. The minimum absolute atomic E-state index is 0. The van der Waals surface area contributed by atoms with E-state index < -0.39 is 13.4 Å². The monoisotopic (exact) mass is 221 g/mol. The molecule has 1 saturated heterocycles. The number of rotatable bonds is 2. The van der Waals surface area contributed by atoms with Gasteiger partial charge in [0.25, 0.3) is 0 Å². The summed E-state index contributed by atoms with van der Waals surface area (Å²) >= 11 is 0. The Balaban J connectivity index is 0.00000144. The van der Waals surface area contributed by atoms with Crippen molar-refractivity contribution in [3.63, 3.8) is 0 Å². The van der Waals surface area contributed by atoms with Crippen molar-refractivity contribution in [2.45, 2.75) is 13.0 Å². The summed E-state index contributed by atoms with van der Waals surface area (Å²) in [5.74, 6) is 0. The second-order valence-corrected chi connectivity index (χ2v) is 3.15. The van der Waals surface area contributed by atoms with Gasteiger partial charge >= 0.3 is 58.4 Å². The summed E-state index contributed by atoms with van der Waals surface area (Å²) in [6, 6.07) is 0. The molecule has 72 valence electrons. The summed E-state index contributed by atoms with van der Waals surface area (Å²) in [6.07, 6.45) is -0.829. The molecule has 1 rings (SSSR count). The number of hydrogen-bond donors (Lipinski definition) is 0. The molecule has 7 heteroatoms. The number of hydrogen-bond acceptors (Lipinski definition) is 2. The van der Waals surface area contributed by atoms with E-state index in [1.165, 1.54) is 4.90 Å². The molecule has 1 aliphatic heterocycles. The molecular weight excluding hydrogens is 209 g/mol. The molecule has 2 nitrogen and oxygen atoms in total. The van der Waals surface area contributed by atoms with Crippen LogP contribution in [0, 0.1) is 0 Å². The van der Waals surface area contributed by atoms with Gasteiger partial charge in [-0.3, -0.25) is 0 Å². The Hall–Kier alpha value is 1.41. The summed E-state index contributed by atoms with van der Waals surface area (Å²) in [7, 11) is 0. The topological polar surface area (TPSA) is 12.5 Å². The first-order valence-electron chi connectivity index (χ1n) is 4.02. The van der Waals surface area contributed by atoms with Crippen LogP contribution in [0.1, 0.15) is 6.92 Å². The predicted molar refractivity (Wildman–Crippen MR) is 40.9 cm³/mol. The molecule has 1 aliphatic rings. The summed E-state index contributed by atoms with van der Waals surface area (Å²) < 4.78 is 41.0. The average Bonchev–Trinajstić information content (AvgIpc) is 1.82. The minimum atomic E-state index is -4.68. The van der Waals surface area contributed by atoms with Crippen LogP contribution in [-0.2, 0) is 4.74 Å². The third kappa shape index (κ3) is 6.48. The molecule has 0 N–H and O–H groups in total. The van der Waals surface area contributed by atoms with Crippen LogP contribution in [0.15, 0.2) is 0 Å². The fraction of sp³-hybridized carbons (Fsp3) is 1.00. The van der Waals surface area contributed by atoms with Crippen molar-refractivity contribution in [1.29, 1.82) is 0 Å². The Morgan fingerprint density at radius 1 is 1.46 bits per heavy atom. The predicted octanol–water partition coefficient (Wildman–Crippen LogP) is -1.90. The quantitative estimate of drug-likeness (QED) is 0.505. The Morgan fingerprint density at radius 3 is 2.54 bits per heavy atom. The van der Waals surface area contributed by atoms with Gasteiger partial charge in [-0.25, -0.2) is 0 Å². The Labute approximate surface area is 119 Å². The summed E-state index contributed by atoms with van der Waals surface area (Å²) in [5, 5.41) is 0. The first-order valence-corrected chi connectivity index (χ1v) is 4.02. The third-order valence-electron chi connectivity index (χ3n) is 1.79. The van der Waals surface area contributed by atoms with Crippen LogP contribution in [-0.4, -0.2) is 44.1 Å². The molecule has 0 saturated carbocycles. The zero-order chi connectivity index (χ0) is 9.19. The van der Waals surface area contributed by atoms with Crippen LogP contribution < -0.4 is 51.4 Å². The smallest absolute Gasteiger partial charge is 0.448 e. The Bertz CT molecular complexity index is 157. The molecule has 0 aliphatic carbocycles. The van der Waals surface area contributed by atoms with E-state index in [0.717, 1.165) is 0 Å². The van der Waals surface area contributed by atoms with Crippen molar-refractivity contribution in [3.05, 3.63) is 0 Å². The first kappa shape index (κ1) is 14.4. The van der Waals surface area contributed by atoms with Crippen molar-refractivity contribution in [3.8, 4) is 0 Å². The molecule has 0 aromatic rings. The van der Waals surface area contributed by atoms with Crippen LogP contribution in [0.25, 0.3) is 0 Å². The summed E-state index contributed by atoms with van der Waals surface area (Å²) in [5.41, 5.74) is 0. The molecule has 1 fully saturated rings. The maximum absolute atomic E-state index is 11.9. The van der Waals surface area contributed by atoms with Crippen LogP contribution in [0.3, 0.4) is 0 Å². The van der Waals surface area contributed by atoms with Crippen molar-refractivity contribution >= 4 is 6.98 Å². The van der Waals surface area contributed by atoms with Gasteiger partial charge in [-0.05, 0) is 13.4 Å². The van der Waals surface area contributed by atoms with Crippen molar-refractivity contribution in [2.24, 2.45) is 0 Å². The Kier molecular flexibility index (Phi) is 6.76. The maximum Gasteiger partial charge on any atom is 1.00 e. The molecule has 0 amide bonds. The van der Waals surface area contributed by atoms with E-state index in [0.29, 0.717) is 19.7 Å². The zero-order valence-corrected chi connectivity index (χ0v) is 11.1. The second kappa shape index (κ2) is 6.09. The summed E-state index contributed by atoms with van der Waals surface area (Å²) in [4.78, 5) is 1.40. The molecular formula is C6H12BF3KNO. The molecule has 1 atom stereocenters. The number of ether oxygens (including phenoxy) is 1. The van der Waals surface area contributed by atoms with E-state index in [-0.39, 0.29) is 57.5 Å². The molecule has 1 heterocycles. The van der Waals surface area contributed by atoms with Crippen molar-refractivity contribution in [1.82, 2.24) is 4.90 Å². The fourth-order valence-electron chi connectivity index (χ4n) is 1.35. The van der Waals surface area contributed by atoms with Crippen molar-refractivity contribution < 1.29 is 69.1 Å². The molecule has 13 heavy (non-hydrogen) atoms. The molecule has 0 spiro atoms. The largest absolute Gasteiger partial charge is 1.00 e. The molecule has 1 unspecified atom stereocenters. The average molecular weight is 221 g/mol. The fourth-order valence-corrected chi connectivity index (χ4v) is 1.35. The molecule has 0 aromatic carbocycles. The van der Waals surface area contributed by atoms with Gasteiger partial charge in [0.15, 0.2) is 0 Å². The van der Waals surface area contributed by atoms with Crippen LogP contribution in [0.5, 0.6) is 0 Å². The van der Waals surface area contributed by atoms with Crippen LogP contribution in [0.4, 0.5) is 12.9 Å². The van der Waals surface area contributed by atoms with Gasteiger partial charge in [0, 0.05) is 13.1 Å². The standard InChI is InChI=1S/C6H12BF3NO.K/c1-6-4-11(2-3-12-6)5-7(8,9)10;/h6H,2-5H2,1H3;/q-1;+1. The van der Waals surface area contributed by atoms with E-state index >= 15 is 0 Å². The number of morpholine rings is 1. The molecule has 0 aromatic heterocycles. The van der Waals surface area contributed by atoms with Gasteiger partial charge in [-0.15, -0.1) is 0 Å². The van der Waals surface area contributed by atoms with Gasteiger partial charge in [0.1, 0.15) is 0 Å². The third-order valence-corrected chi connectivity index (χ3v) is 1.79.